The van der Waals surface area contributed by atoms with Gasteiger partial charge in [0.25, 0.3) is 0 Å². The van der Waals surface area contributed by atoms with Crippen LogP contribution in [0.3, 0.4) is 0 Å². The highest BCUT2D eigenvalue weighted by molar-refractivity contribution is 6.07. The van der Waals surface area contributed by atoms with Gasteiger partial charge < -0.3 is 15.3 Å². The number of nitrogens with one attached hydrogen (secondary N) is 1. The van der Waals surface area contributed by atoms with Crippen molar-refractivity contribution in [3.63, 3.8) is 0 Å². The van der Waals surface area contributed by atoms with Gasteiger partial charge in [-0.2, -0.15) is 5.10 Å². The molecule has 6 rings (SSSR count). The van der Waals surface area contributed by atoms with Crippen molar-refractivity contribution in [2.45, 2.75) is 71.6 Å². The zero-order valence-corrected chi connectivity index (χ0v) is 25.1. The number of benzene rings is 2. The van der Waals surface area contributed by atoms with Crippen molar-refractivity contribution >= 4 is 34.5 Å². The van der Waals surface area contributed by atoms with Gasteiger partial charge in [0, 0.05) is 42.7 Å². The van der Waals surface area contributed by atoms with E-state index in [1.54, 1.807) is 28.9 Å². The third-order valence-corrected chi connectivity index (χ3v) is 8.89. The maximum Gasteiger partial charge on any atom is 0.326 e. The summed E-state index contributed by atoms with van der Waals surface area (Å²) >= 11 is 0. The van der Waals surface area contributed by atoms with Gasteiger partial charge in [-0.15, -0.1) is 0 Å². The number of hydrogen-bond acceptors (Lipinski definition) is 7. The summed E-state index contributed by atoms with van der Waals surface area (Å²) in [5.41, 5.74) is 3.95. The summed E-state index contributed by atoms with van der Waals surface area (Å²) in [6.07, 6.45) is 4.81. The first-order valence-electron chi connectivity index (χ1n) is 14.6. The Bertz CT molecular complexity index is 1800. The first kappa shape index (κ1) is 29.2. The SMILES string of the molecule is CC(=O)c1nn(CC(=O)N2[C@H](C(=O)N[C@@H](Cc3ccccc3)C(=O)O)C[C@@]3(C)C[C@@H]23)c2c(C)cc(-c3cnc(C)nc3)cc12. The Labute approximate surface area is 254 Å². The lowest BCUT2D eigenvalue weighted by molar-refractivity contribution is -0.144. The molecule has 4 atom stereocenters. The second-order valence-corrected chi connectivity index (χ2v) is 12.3. The van der Waals surface area contributed by atoms with Gasteiger partial charge in [0.15, 0.2) is 5.78 Å². The fourth-order valence-electron chi connectivity index (χ4n) is 6.50. The Kier molecular flexibility index (Phi) is 7.27. The first-order valence-corrected chi connectivity index (χ1v) is 14.6. The molecule has 0 radical (unpaired) electrons. The molecular weight excluding hydrogens is 560 g/mol. The van der Waals surface area contributed by atoms with E-state index in [1.807, 2.05) is 56.3 Å². The number of carbonyl (C=O) groups is 4. The second-order valence-electron chi connectivity index (χ2n) is 12.3. The normalized spacial score (nSPS) is 21.1. The molecular formula is C33H34N6O5. The Morgan fingerprint density at radius 2 is 1.75 bits per heavy atom. The third-order valence-electron chi connectivity index (χ3n) is 8.89. The average molecular weight is 595 g/mol. The monoisotopic (exact) mass is 594 g/mol. The molecule has 2 N–H and O–H groups in total. The lowest BCUT2D eigenvalue weighted by Gasteiger charge is -2.28. The number of rotatable bonds is 9. The first-order chi connectivity index (χ1) is 20.9. The van der Waals surface area contributed by atoms with Gasteiger partial charge in [-0.3, -0.25) is 19.1 Å². The number of likely N-dealkylation sites (tertiary alicyclic amines) is 1. The maximum absolute atomic E-state index is 13.9. The van der Waals surface area contributed by atoms with Crippen molar-refractivity contribution in [1.82, 2.24) is 30.0 Å². The largest absolute Gasteiger partial charge is 0.480 e. The van der Waals surface area contributed by atoms with Crippen molar-refractivity contribution in [1.29, 1.82) is 0 Å². The van der Waals surface area contributed by atoms with E-state index in [0.29, 0.717) is 23.1 Å². The number of ketones is 1. The van der Waals surface area contributed by atoms with Crippen molar-refractivity contribution < 1.29 is 24.3 Å². The van der Waals surface area contributed by atoms with Crippen LogP contribution in [0, 0.1) is 19.3 Å². The van der Waals surface area contributed by atoms with Gasteiger partial charge >= 0.3 is 5.97 Å². The van der Waals surface area contributed by atoms with Gasteiger partial charge in [-0.05, 0) is 60.9 Å². The molecule has 2 aliphatic rings. The van der Waals surface area contributed by atoms with Crippen LogP contribution in [-0.4, -0.2) is 71.4 Å². The summed E-state index contributed by atoms with van der Waals surface area (Å²) in [4.78, 5) is 62.3. The van der Waals surface area contributed by atoms with E-state index in [1.165, 1.54) is 6.92 Å². The number of carboxylic acids is 1. The van der Waals surface area contributed by atoms with E-state index in [0.717, 1.165) is 28.7 Å². The minimum absolute atomic E-state index is 0.119. The van der Waals surface area contributed by atoms with Gasteiger partial charge in [-0.25, -0.2) is 14.8 Å². The minimum Gasteiger partial charge on any atom is -0.480 e. The van der Waals surface area contributed by atoms with Gasteiger partial charge in [0.05, 0.1) is 5.52 Å². The molecule has 11 nitrogen and oxygen atoms in total. The molecule has 11 heteroatoms. The molecule has 1 aliphatic heterocycles. The van der Waals surface area contributed by atoms with Crippen LogP contribution in [0.4, 0.5) is 0 Å². The molecule has 1 aliphatic carbocycles. The van der Waals surface area contributed by atoms with Crippen LogP contribution in [-0.2, 0) is 27.3 Å². The molecule has 2 amide bonds. The highest BCUT2D eigenvalue weighted by Crippen LogP contribution is 2.59. The highest BCUT2D eigenvalue weighted by atomic mass is 16.4. The molecule has 4 aromatic rings. The highest BCUT2D eigenvalue weighted by Gasteiger charge is 2.64. The van der Waals surface area contributed by atoms with Crippen LogP contribution in [0.25, 0.3) is 22.0 Å². The fourth-order valence-corrected chi connectivity index (χ4v) is 6.50. The zero-order chi connectivity index (χ0) is 31.3. The zero-order valence-electron chi connectivity index (χ0n) is 25.1. The van der Waals surface area contributed by atoms with E-state index < -0.39 is 24.0 Å². The predicted molar refractivity (Wildman–Crippen MR) is 162 cm³/mol. The molecule has 226 valence electrons. The number of nitrogens with zero attached hydrogens (tertiary/aromatic N) is 5. The summed E-state index contributed by atoms with van der Waals surface area (Å²) in [6, 6.07) is 10.9. The number of aromatic nitrogens is 4. The number of hydrogen-bond donors (Lipinski definition) is 2. The molecule has 0 spiro atoms. The summed E-state index contributed by atoms with van der Waals surface area (Å²) in [5, 5.41) is 17.7. The molecule has 3 heterocycles. The quantitative estimate of drug-likeness (QED) is 0.280. The third kappa shape index (κ3) is 5.34. The molecule has 44 heavy (non-hydrogen) atoms. The van der Waals surface area contributed by atoms with E-state index in [4.69, 9.17) is 0 Å². The van der Waals surface area contributed by atoms with Crippen LogP contribution in [0.5, 0.6) is 0 Å². The lowest BCUT2D eigenvalue weighted by atomic mass is 10.0. The predicted octanol–water partition coefficient (Wildman–Crippen LogP) is 3.50. The topological polar surface area (TPSA) is 147 Å². The van der Waals surface area contributed by atoms with Crippen molar-refractivity contribution in [3.05, 3.63) is 77.5 Å². The van der Waals surface area contributed by atoms with E-state index >= 15 is 0 Å². The molecule has 0 unspecified atom stereocenters. The molecule has 1 saturated carbocycles. The van der Waals surface area contributed by atoms with Crippen LogP contribution < -0.4 is 5.32 Å². The number of amides is 2. The van der Waals surface area contributed by atoms with Crippen molar-refractivity contribution in [2.75, 3.05) is 0 Å². The molecule has 2 aromatic heterocycles. The Morgan fingerprint density at radius 1 is 1.05 bits per heavy atom. The van der Waals surface area contributed by atoms with E-state index in [-0.39, 0.29) is 41.8 Å². The van der Waals surface area contributed by atoms with Gasteiger partial charge in [-0.1, -0.05) is 37.3 Å². The second kappa shape index (κ2) is 11.0. The Morgan fingerprint density at radius 3 is 2.41 bits per heavy atom. The maximum atomic E-state index is 13.9. The van der Waals surface area contributed by atoms with Crippen molar-refractivity contribution in [3.8, 4) is 11.1 Å². The van der Waals surface area contributed by atoms with Crippen molar-refractivity contribution in [2.24, 2.45) is 5.41 Å². The van der Waals surface area contributed by atoms with Crippen LogP contribution in [0.2, 0.25) is 0 Å². The Hall–Kier alpha value is -4.93. The molecule has 2 fully saturated rings. The Balaban J connectivity index is 1.27. The number of aliphatic carboxylic acids is 1. The minimum atomic E-state index is -1.14. The smallest absolute Gasteiger partial charge is 0.326 e. The summed E-state index contributed by atoms with van der Waals surface area (Å²) in [7, 11) is 0. The number of carboxylic acid groups (broad SMARTS) is 1. The van der Waals surface area contributed by atoms with Crippen LogP contribution >= 0.6 is 0 Å². The van der Waals surface area contributed by atoms with Gasteiger partial charge in [0.2, 0.25) is 11.8 Å². The average Bonchev–Trinajstić information content (AvgIpc) is 3.33. The number of aryl methyl sites for hydroxylation is 2. The summed E-state index contributed by atoms with van der Waals surface area (Å²) < 4.78 is 1.54. The van der Waals surface area contributed by atoms with E-state index in [2.05, 4.69) is 20.4 Å². The number of fused-ring (bicyclic) bond motifs is 2. The molecule has 2 aromatic carbocycles. The molecule has 1 saturated heterocycles. The van der Waals surface area contributed by atoms with Crippen LogP contribution in [0.15, 0.2) is 54.9 Å². The molecule has 0 bridgehead atoms. The summed E-state index contributed by atoms with van der Waals surface area (Å²) in [5.74, 6) is -1.50. The fraction of sp³-hybridized carbons (Fsp3) is 0.364. The lowest BCUT2D eigenvalue weighted by Crippen LogP contribution is -2.53. The van der Waals surface area contributed by atoms with Crippen LogP contribution in [0.1, 0.15) is 54.1 Å². The number of carbonyl (C=O) groups excluding carboxylic acids is 3. The van der Waals surface area contributed by atoms with Gasteiger partial charge in [0.1, 0.15) is 30.1 Å². The standard InChI is InChI=1S/C33H34N6O5/c1-18-10-22(23-15-34-20(3)35-16-23)12-24-29(19(2)40)37-38(30(18)24)17-28(41)39-26(13-33(4)14-27(33)39)31(42)36-25(32(43)44)11-21-8-6-5-7-9-21/h5-10,12,15-16,25-27H,11,13-14,17H2,1-4H3,(H,36,42)(H,43,44)/t25-,26-,27+,33-/m0/s1. The summed E-state index contributed by atoms with van der Waals surface area (Å²) in [6.45, 7) is 7.02. The van der Waals surface area contributed by atoms with E-state index in [9.17, 15) is 24.3 Å². The number of piperidine rings is 1. The number of Topliss-reactive ketones (excluding diaryl/α,β-unsaturated/α-hetero) is 1.